The van der Waals surface area contributed by atoms with Crippen LogP contribution in [-0.4, -0.2) is 21.1 Å². The Morgan fingerprint density at radius 3 is 2.94 bits per heavy atom. The van der Waals surface area contributed by atoms with Crippen LogP contribution in [0.2, 0.25) is 5.15 Å². The second-order valence-corrected chi connectivity index (χ2v) is 4.39. The van der Waals surface area contributed by atoms with Gasteiger partial charge in [-0.3, -0.25) is 0 Å². The van der Waals surface area contributed by atoms with Gasteiger partial charge in [0.15, 0.2) is 5.15 Å². The molecule has 0 radical (unpaired) electrons. The van der Waals surface area contributed by atoms with E-state index in [0.29, 0.717) is 11.8 Å². The summed E-state index contributed by atoms with van der Waals surface area (Å²) in [6.07, 6.45) is 1.48. The molecule has 0 spiro atoms. The van der Waals surface area contributed by atoms with E-state index in [4.69, 9.17) is 16.3 Å². The Kier molecular flexibility index (Phi) is 2.59. The zero-order valence-corrected chi connectivity index (χ0v) is 10.9. The Bertz CT molecular complexity index is 736. The second kappa shape index (κ2) is 4.14. The number of aryl methyl sites for hydroxylation is 1. The van der Waals surface area contributed by atoms with E-state index in [9.17, 15) is 0 Å². The molecular weight excluding hydrogens is 250 g/mol. The number of rotatable bonds is 2. The van der Waals surface area contributed by atoms with Gasteiger partial charge in [0.05, 0.1) is 12.1 Å². The van der Waals surface area contributed by atoms with Crippen LogP contribution in [-0.2, 0) is 7.05 Å². The summed E-state index contributed by atoms with van der Waals surface area (Å²) in [6.45, 7) is 2.61. The minimum absolute atomic E-state index is 0.469. The van der Waals surface area contributed by atoms with Gasteiger partial charge in [0.1, 0.15) is 23.1 Å². The van der Waals surface area contributed by atoms with E-state index in [1.807, 2.05) is 36.7 Å². The molecule has 0 saturated carbocycles. The van der Waals surface area contributed by atoms with E-state index >= 15 is 0 Å². The van der Waals surface area contributed by atoms with Crippen LogP contribution in [0.25, 0.3) is 21.9 Å². The maximum Gasteiger partial charge on any atom is 0.156 e. The summed E-state index contributed by atoms with van der Waals surface area (Å²) < 4.78 is 7.52. The van der Waals surface area contributed by atoms with Crippen molar-refractivity contribution in [2.75, 3.05) is 6.61 Å². The van der Waals surface area contributed by atoms with Crippen LogP contribution in [0.3, 0.4) is 0 Å². The summed E-state index contributed by atoms with van der Waals surface area (Å²) in [5, 5.41) is 1.50. The van der Waals surface area contributed by atoms with Crippen molar-refractivity contribution in [1.82, 2.24) is 14.5 Å². The van der Waals surface area contributed by atoms with Crippen LogP contribution < -0.4 is 4.74 Å². The van der Waals surface area contributed by atoms with Crippen molar-refractivity contribution in [2.24, 2.45) is 7.05 Å². The lowest BCUT2D eigenvalue weighted by molar-refractivity contribution is 0.341. The molecule has 0 bridgehead atoms. The average Bonchev–Trinajstić information content (AvgIpc) is 2.65. The Morgan fingerprint density at radius 2 is 2.17 bits per heavy atom. The fourth-order valence-corrected chi connectivity index (χ4v) is 2.49. The Balaban J connectivity index is 2.41. The van der Waals surface area contributed by atoms with E-state index in [-0.39, 0.29) is 0 Å². The third-order valence-corrected chi connectivity index (χ3v) is 3.29. The van der Waals surface area contributed by atoms with E-state index in [2.05, 4.69) is 9.97 Å². The zero-order chi connectivity index (χ0) is 12.7. The Hall–Kier alpha value is -1.81. The summed E-state index contributed by atoms with van der Waals surface area (Å²) in [4.78, 5) is 8.34. The van der Waals surface area contributed by atoms with Crippen molar-refractivity contribution in [2.45, 2.75) is 6.92 Å². The minimum atomic E-state index is 0.469. The van der Waals surface area contributed by atoms with Gasteiger partial charge in [-0.1, -0.05) is 11.6 Å². The highest BCUT2D eigenvalue weighted by Crippen LogP contribution is 2.32. The number of hydrogen-bond acceptors (Lipinski definition) is 3. The number of hydrogen-bond donors (Lipinski definition) is 0. The number of benzene rings is 1. The van der Waals surface area contributed by atoms with Gasteiger partial charge < -0.3 is 9.30 Å². The molecule has 3 rings (SSSR count). The fourth-order valence-electron chi connectivity index (χ4n) is 2.23. The predicted molar refractivity (Wildman–Crippen MR) is 72.2 cm³/mol. The molecule has 2 heterocycles. The van der Waals surface area contributed by atoms with Crippen LogP contribution >= 0.6 is 11.6 Å². The number of halogens is 1. The van der Waals surface area contributed by atoms with Crippen LogP contribution in [0.4, 0.5) is 0 Å². The van der Waals surface area contributed by atoms with Gasteiger partial charge in [0.2, 0.25) is 0 Å². The van der Waals surface area contributed by atoms with Gasteiger partial charge in [-0.25, -0.2) is 9.97 Å². The normalized spacial score (nSPS) is 11.3. The molecule has 0 atom stereocenters. The monoisotopic (exact) mass is 261 g/mol. The second-order valence-electron chi connectivity index (χ2n) is 4.03. The number of fused-ring (bicyclic) bond motifs is 3. The van der Waals surface area contributed by atoms with Gasteiger partial charge in [-0.2, -0.15) is 0 Å². The van der Waals surface area contributed by atoms with Gasteiger partial charge in [0.25, 0.3) is 0 Å². The third kappa shape index (κ3) is 1.53. The molecule has 3 aromatic rings. The number of ether oxygens (including phenoxy) is 1. The molecule has 0 unspecified atom stereocenters. The van der Waals surface area contributed by atoms with Crippen LogP contribution in [0.1, 0.15) is 6.92 Å². The highest BCUT2D eigenvalue weighted by atomic mass is 35.5. The molecule has 92 valence electrons. The fraction of sp³-hybridized carbons (Fsp3) is 0.231. The first-order chi connectivity index (χ1) is 8.72. The predicted octanol–water partition coefficient (Wildman–Crippen LogP) is 3.17. The maximum atomic E-state index is 6.13. The molecule has 4 nitrogen and oxygen atoms in total. The first kappa shape index (κ1) is 11.3. The summed E-state index contributed by atoms with van der Waals surface area (Å²) in [5.74, 6) is 0.840. The van der Waals surface area contributed by atoms with Gasteiger partial charge in [0, 0.05) is 12.4 Å². The molecule has 0 amide bonds. The van der Waals surface area contributed by atoms with Crippen molar-refractivity contribution in [3.8, 4) is 5.75 Å². The SMILES string of the molecule is CCOc1ccc2c(c1)c1ncnc(Cl)c1n2C. The van der Waals surface area contributed by atoms with Crippen molar-refractivity contribution < 1.29 is 4.74 Å². The van der Waals surface area contributed by atoms with Crippen LogP contribution in [0.15, 0.2) is 24.5 Å². The molecule has 0 saturated heterocycles. The van der Waals surface area contributed by atoms with Crippen molar-refractivity contribution >= 4 is 33.5 Å². The summed E-state index contributed by atoms with van der Waals surface area (Å²) in [7, 11) is 1.96. The number of nitrogens with zero attached hydrogens (tertiary/aromatic N) is 3. The maximum absolute atomic E-state index is 6.13. The standard InChI is InChI=1S/C13H12ClN3O/c1-3-18-8-4-5-10-9(6-8)11-12(17(10)2)13(14)16-7-15-11/h4-7H,3H2,1-2H3. The third-order valence-electron chi connectivity index (χ3n) is 3.01. The van der Waals surface area contributed by atoms with Crippen molar-refractivity contribution in [3.05, 3.63) is 29.7 Å². The molecule has 0 N–H and O–H groups in total. The smallest absolute Gasteiger partial charge is 0.156 e. The van der Waals surface area contributed by atoms with Gasteiger partial charge in [-0.05, 0) is 25.1 Å². The lowest BCUT2D eigenvalue weighted by Gasteiger charge is -2.02. The van der Waals surface area contributed by atoms with Crippen LogP contribution in [0, 0.1) is 0 Å². The lowest BCUT2D eigenvalue weighted by atomic mass is 10.2. The molecule has 18 heavy (non-hydrogen) atoms. The summed E-state index contributed by atoms with van der Waals surface area (Å²) >= 11 is 6.13. The molecule has 1 aromatic carbocycles. The first-order valence-corrected chi connectivity index (χ1v) is 6.11. The Morgan fingerprint density at radius 1 is 1.33 bits per heavy atom. The van der Waals surface area contributed by atoms with Crippen molar-refractivity contribution in [1.29, 1.82) is 0 Å². The molecule has 0 aliphatic rings. The highest BCUT2D eigenvalue weighted by molar-refractivity contribution is 6.34. The van der Waals surface area contributed by atoms with Crippen LogP contribution in [0.5, 0.6) is 5.75 Å². The first-order valence-electron chi connectivity index (χ1n) is 5.73. The van der Waals surface area contributed by atoms with E-state index in [1.165, 1.54) is 6.33 Å². The summed E-state index contributed by atoms with van der Waals surface area (Å²) in [5.41, 5.74) is 2.77. The largest absolute Gasteiger partial charge is 0.494 e. The average molecular weight is 262 g/mol. The minimum Gasteiger partial charge on any atom is -0.494 e. The van der Waals surface area contributed by atoms with Gasteiger partial charge >= 0.3 is 0 Å². The van der Waals surface area contributed by atoms with Crippen molar-refractivity contribution in [3.63, 3.8) is 0 Å². The highest BCUT2D eigenvalue weighted by Gasteiger charge is 2.13. The molecule has 0 aliphatic heterocycles. The Labute approximate surface area is 109 Å². The quantitative estimate of drug-likeness (QED) is 0.665. The molecule has 2 aromatic heterocycles. The molecule has 0 aliphatic carbocycles. The number of aromatic nitrogens is 3. The lowest BCUT2D eigenvalue weighted by Crippen LogP contribution is -1.91. The molecule has 0 fully saturated rings. The van der Waals surface area contributed by atoms with Gasteiger partial charge in [-0.15, -0.1) is 0 Å². The van der Waals surface area contributed by atoms with E-state index in [0.717, 1.165) is 27.7 Å². The molecule has 5 heteroatoms. The van der Waals surface area contributed by atoms with E-state index in [1.54, 1.807) is 0 Å². The van der Waals surface area contributed by atoms with E-state index < -0.39 is 0 Å². The zero-order valence-electron chi connectivity index (χ0n) is 10.1. The molecular formula is C13H12ClN3O. The summed E-state index contributed by atoms with van der Waals surface area (Å²) in [6, 6.07) is 5.95. The topological polar surface area (TPSA) is 39.9 Å².